The number of ether oxygens (including phenoxy) is 1. The van der Waals surface area contributed by atoms with Gasteiger partial charge in [-0.3, -0.25) is 0 Å². The molecule has 3 heterocycles. The van der Waals surface area contributed by atoms with Gasteiger partial charge in [-0.15, -0.1) is 0 Å². The summed E-state index contributed by atoms with van der Waals surface area (Å²) < 4.78 is 45.0. The zero-order valence-electron chi connectivity index (χ0n) is 22.4. The molecule has 0 unspecified atom stereocenters. The van der Waals surface area contributed by atoms with Crippen molar-refractivity contribution in [3.8, 4) is 22.9 Å². The Morgan fingerprint density at radius 3 is 2.70 bits per heavy atom. The van der Waals surface area contributed by atoms with Crippen LogP contribution in [0.5, 0.6) is 11.6 Å². The van der Waals surface area contributed by atoms with Gasteiger partial charge in [0.05, 0.1) is 11.3 Å². The first-order chi connectivity index (χ1) is 19.2. The number of anilines is 1. The van der Waals surface area contributed by atoms with Gasteiger partial charge in [-0.25, -0.2) is 15.0 Å². The molecule has 0 radical (unpaired) electrons. The number of aliphatic hydroxyl groups is 1. The standard InChI is InChI=1S/C30H32F3N5O2/c1-18-15-21(17-34-16-18)37-29-36-14-12-25(38-29)24-7-4-13-35-28(24)40-27-19(2)8-10-22-20(5-3-6-23(22)27)9-11-26(39)30(31,32)33/h3-8,10,12-14,18,21,26,34,39H,9,11,15-17H2,1-2H3,(H,36,37,38)/t18-,21+,26+/m1/s1. The number of nitrogens with one attached hydrogen (secondary N) is 2. The van der Waals surface area contributed by atoms with Crippen LogP contribution in [0.3, 0.4) is 0 Å². The molecule has 4 aromatic rings. The molecule has 0 aliphatic carbocycles. The Labute approximate surface area is 230 Å². The molecule has 1 aliphatic rings. The third-order valence-corrected chi connectivity index (χ3v) is 7.17. The molecule has 5 rings (SSSR count). The van der Waals surface area contributed by atoms with E-state index in [1.165, 1.54) is 0 Å². The second-order valence-corrected chi connectivity index (χ2v) is 10.4. The Morgan fingerprint density at radius 1 is 1.05 bits per heavy atom. The fourth-order valence-electron chi connectivity index (χ4n) is 5.10. The second-order valence-electron chi connectivity index (χ2n) is 10.4. The quantitative estimate of drug-likeness (QED) is 0.245. The SMILES string of the molecule is Cc1ccc2c(CC[C@H](O)C(F)(F)F)cccc2c1Oc1ncccc1-c1ccnc(N[C@@H]2CNC[C@H](C)C2)n1. The van der Waals surface area contributed by atoms with Crippen molar-refractivity contribution in [1.29, 1.82) is 0 Å². The summed E-state index contributed by atoms with van der Waals surface area (Å²) in [6.45, 7) is 5.96. The van der Waals surface area contributed by atoms with E-state index in [2.05, 4.69) is 27.5 Å². The van der Waals surface area contributed by atoms with Gasteiger partial charge in [-0.05, 0) is 73.4 Å². The van der Waals surface area contributed by atoms with Gasteiger partial charge >= 0.3 is 6.18 Å². The number of aromatic nitrogens is 3. The largest absolute Gasteiger partial charge is 0.437 e. The normalized spacial score (nSPS) is 18.4. The zero-order chi connectivity index (χ0) is 28.3. The number of fused-ring (bicyclic) bond motifs is 1. The molecular weight excluding hydrogens is 519 g/mol. The molecule has 3 N–H and O–H groups in total. The summed E-state index contributed by atoms with van der Waals surface area (Å²) in [6.07, 6.45) is -3.00. The summed E-state index contributed by atoms with van der Waals surface area (Å²) in [4.78, 5) is 13.6. The smallest absolute Gasteiger partial charge is 0.414 e. The van der Waals surface area contributed by atoms with Gasteiger partial charge < -0.3 is 20.5 Å². The number of hydrogen-bond acceptors (Lipinski definition) is 7. The molecule has 210 valence electrons. The van der Waals surface area contributed by atoms with Crippen LogP contribution in [-0.4, -0.2) is 51.5 Å². The minimum Gasteiger partial charge on any atom is -0.437 e. The van der Waals surface area contributed by atoms with Gasteiger partial charge in [0.1, 0.15) is 11.9 Å². The van der Waals surface area contributed by atoms with E-state index in [0.717, 1.165) is 35.8 Å². The number of piperidine rings is 1. The van der Waals surface area contributed by atoms with E-state index in [4.69, 9.17) is 9.72 Å². The Balaban J connectivity index is 1.43. The van der Waals surface area contributed by atoms with Crippen molar-refractivity contribution in [2.24, 2.45) is 5.92 Å². The lowest BCUT2D eigenvalue weighted by Crippen LogP contribution is -2.42. The first-order valence-corrected chi connectivity index (χ1v) is 13.4. The van der Waals surface area contributed by atoms with Crippen molar-refractivity contribution in [3.05, 3.63) is 72.1 Å². The van der Waals surface area contributed by atoms with Crippen LogP contribution in [0.25, 0.3) is 22.0 Å². The van der Waals surface area contributed by atoms with E-state index in [-0.39, 0.29) is 12.5 Å². The summed E-state index contributed by atoms with van der Waals surface area (Å²) in [5.74, 6) is 2.01. The van der Waals surface area contributed by atoms with E-state index < -0.39 is 18.7 Å². The third-order valence-electron chi connectivity index (χ3n) is 7.17. The lowest BCUT2D eigenvalue weighted by atomic mass is 9.97. The van der Waals surface area contributed by atoms with Crippen molar-refractivity contribution in [1.82, 2.24) is 20.3 Å². The number of aryl methyl sites for hydroxylation is 2. The highest BCUT2D eigenvalue weighted by molar-refractivity contribution is 5.92. The summed E-state index contributed by atoms with van der Waals surface area (Å²) in [6, 6.07) is 14.9. The van der Waals surface area contributed by atoms with Crippen LogP contribution in [-0.2, 0) is 6.42 Å². The number of nitrogens with zero attached hydrogens (tertiary/aromatic N) is 3. The van der Waals surface area contributed by atoms with E-state index in [9.17, 15) is 18.3 Å². The monoisotopic (exact) mass is 551 g/mol. The van der Waals surface area contributed by atoms with Gasteiger partial charge in [-0.1, -0.05) is 37.3 Å². The number of halogens is 3. The first kappa shape index (κ1) is 27.8. The Morgan fingerprint density at radius 2 is 1.90 bits per heavy atom. The van der Waals surface area contributed by atoms with Gasteiger partial charge in [0.25, 0.3) is 0 Å². The van der Waals surface area contributed by atoms with Crippen LogP contribution < -0.4 is 15.4 Å². The maximum atomic E-state index is 12.9. The minimum absolute atomic E-state index is 0.0708. The predicted molar refractivity (Wildman–Crippen MR) is 148 cm³/mol. The van der Waals surface area contributed by atoms with Gasteiger partial charge in [0.2, 0.25) is 11.8 Å². The molecule has 0 amide bonds. The molecule has 2 aromatic carbocycles. The molecule has 1 saturated heterocycles. The molecule has 0 bridgehead atoms. The molecule has 10 heteroatoms. The molecular formula is C30H32F3N5O2. The van der Waals surface area contributed by atoms with Crippen molar-refractivity contribution in [2.45, 2.75) is 51.4 Å². The summed E-state index contributed by atoms with van der Waals surface area (Å²) >= 11 is 0. The molecule has 7 nitrogen and oxygen atoms in total. The highest BCUT2D eigenvalue weighted by Gasteiger charge is 2.37. The lowest BCUT2D eigenvalue weighted by Gasteiger charge is -2.28. The van der Waals surface area contributed by atoms with Gasteiger partial charge in [0, 0.05) is 30.4 Å². The second kappa shape index (κ2) is 11.8. The first-order valence-electron chi connectivity index (χ1n) is 13.4. The average Bonchev–Trinajstić information content (AvgIpc) is 2.93. The Hall–Kier alpha value is -3.76. The molecule has 1 aliphatic heterocycles. The highest BCUT2D eigenvalue weighted by Crippen LogP contribution is 2.38. The summed E-state index contributed by atoms with van der Waals surface area (Å²) in [7, 11) is 0. The number of rotatable bonds is 8. The maximum Gasteiger partial charge on any atom is 0.414 e. The molecule has 0 spiro atoms. The number of aliphatic hydroxyl groups excluding tert-OH is 1. The number of hydrogen-bond donors (Lipinski definition) is 3. The highest BCUT2D eigenvalue weighted by atomic mass is 19.4. The zero-order valence-corrected chi connectivity index (χ0v) is 22.4. The number of alkyl halides is 3. The van der Waals surface area contributed by atoms with Crippen molar-refractivity contribution in [3.63, 3.8) is 0 Å². The van der Waals surface area contributed by atoms with Crippen LogP contribution in [0.15, 0.2) is 60.9 Å². The van der Waals surface area contributed by atoms with E-state index in [1.807, 2.05) is 37.3 Å². The van der Waals surface area contributed by atoms with Crippen LogP contribution in [0.1, 0.15) is 30.9 Å². The van der Waals surface area contributed by atoms with Crippen molar-refractivity contribution >= 4 is 16.7 Å². The van der Waals surface area contributed by atoms with Crippen molar-refractivity contribution < 1.29 is 23.0 Å². The fraction of sp³-hybridized carbons (Fsp3) is 0.367. The van der Waals surface area contributed by atoms with Crippen LogP contribution in [0, 0.1) is 12.8 Å². The minimum atomic E-state index is -4.65. The Bertz CT molecular complexity index is 1480. The number of benzene rings is 2. The molecule has 40 heavy (non-hydrogen) atoms. The topological polar surface area (TPSA) is 92.2 Å². The van der Waals surface area contributed by atoms with E-state index >= 15 is 0 Å². The average molecular weight is 552 g/mol. The van der Waals surface area contributed by atoms with Crippen LogP contribution >= 0.6 is 0 Å². The van der Waals surface area contributed by atoms with Gasteiger partial charge in [0.15, 0.2) is 0 Å². The van der Waals surface area contributed by atoms with Crippen LogP contribution in [0.4, 0.5) is 19.1 Å². The van der Waals surface area contributed by atoms with Crippen LogP contribution in [0.2, 0.25) is 0 Å². The van der Waals surface area contributed by atoms with Crippen molar-refractivity contribution in [2.75, 3.05) is 18.4 Å². The summed E-state index contributed by atoms with van der Waals surface area (Å²) in [5.41, 5.74) is 2.88. The molecule has 1 fully saturated rings. The van der Waals surface area contributed by atoms with E-state index in [1.54, 1.807) is 30.6 Å². The predicted octanol–water partition coefficient (Wildman–Crippen LogP) is 6.06. The maximum absolute atomic E-state index is 12.9. The summed E-state index contributed by atoms with van der Waals surface area (Å²) in [5, 5.41) is 17.9. The molecule has 2 aromatic heterocycles. The number of pyridine rings is 1. The molecule has 0 saturated carbocycles. The fourth-order valence-corrected chi connectivity index (χ4v) is 5.10. The third kappa shape index (κ3) is 6.34. The van der Waals surface area contributed by atoms with Gasteiger partial charge in [-0.2, -0.15) is 13.2 Å². The lowest BCUT2D eigenvalue weighted by molar-refractivity contribution is -0.205. The Kier molecular flexibility index (Phi) is 8.18. The van der Waals surface area contributed by atoms with E-state index in [0.29, 0.717) is 40.3 Å². The molecule has 3 atom stereocenters.